The molecule has 0 unspecified atom stereocenters. The van der Waals surface area contributed by atoms with Crippen molar-refractivity contribution in [2.75, 3.05) is 13.2 Å². The van der Waals surface area contributed by atoms with E-state index in [2.05, 4.69) is 0 Å². The molecule has 0 aliphatic rings. The van der Waals surface area contributed by atoms with Crippen molar-refractivity contribution < 1.29 is 13.6 Å². The molecule has 0 fully saturated rings. The molecule has 1 aromatic rings. The average molecular weight is 268 g/mol. The Morgan fingerprint density at radius 3 is 2.22 bits per heavy atom. The molecule has 0 aromatic heterocycles. The first-order valence-electron chi connectivity index (χ1n) is 5.77. The zero-order valence-electron chi connectivity index (χ0n) is 10.6. The molecule has 0 atom stereocenters. The van der Waals surface area contributed by atoms with E-state index >= 15 is 0 Å². The van der Waals surface area contributed by atoms with Crippen molar-refractivity contribution in [1.29, 1.82) is 5.26 Å². The van der Waals surface area contributed by atoms with Crippen molar-refractivity contribution in [2.45, 2.75) is 20.4 Å². The highest BCUT2D eigenvalue weighted by Gasteiger charge is 2.32. The van der Waals surface area contributed by atoms with Crippen molar-refractivity contribution in [3.05, 3.63) is 35.9 Å². The van der Waals surface area contributed by atoms with Gasteiger partial charge < -0.3 is 0 Å². The van der Waals surface area contributed by atoms with E-state index in [1.54, 1.807) is 13.8 Å². The van der Waals surface area contributed by atoms with Crippen LogP contribution in [0.4, 0.5) is 0 Å². The highest BCUT2D eigenvalue weighted by Crippen LogP contribution is 2.52. The minimum absolute atomic E-state index is 0.203. The Bertz CT molecular complexity index is 434. The molecule has 0 N–H and O–H groups in total. The van der Waals surface area contributed by atoms with Gasteiger partial charge in [-0.1, -0.05) is 30.3 Å². The van der Waals surface area contributed by atoms with E-state index in [1.165, 1.54) is 0 Å². The van der Waals surface area contributed by atoms with E-state index in [4.69, 9.17) is 14.3 Å². The quantitative estimate of drug-likeness (QED) is 0.432. The summed E-state index contributed by atoms with van der Waals surface area (Å²) in [5.41, 5.74) is 0.874. The molecule has 98 valence electrons. The molecule has 1 rings (SSSR count). The first kappa shape index (κ1) is 14.7. The Balaban J connectivity index is 2.87. The van der Waals surface area contributed by atoms with Gasteiger partial charge in [0.2, 0.25) is 0 Å². The van der Waals surface area contributed by atoms with E-state index in [9.17, 15) is 4.57 Å². The summed E-state index contributed by atoms with van der Waals surface area (Å²) < 4.78 is 23.7. The smallest absolute Gasteiger partial charge is 0.292 e. The van der Waals surface area contributed by atoms with Gasteiger partial charge in [-0.25, -0.2) is 9.24 Å². The van der Waals surface area contributed by atoms with Crippen LogP contribution in [0.3, 0.4) is 0 Å². The number of hydrogen-bond donors (Lipinski definition) is 0. The van der Waals surface area contributed by atoms with Crippen LogP contribution in [0.5, 0.6) is 0 Å². The minimum Gasteiger partial charge on any atom is -0.292 e. The fourth-order valence-electron chi connectivity index (χ4n) is 1.44. The summed E-state index contributed by atoms with van der Waals surface area (Å²) in [5.74, 6) is 0. The van der Waals surface area contributed by atoms with Gasteiger partial charge in [0.15, 0.2) is 6.19 Å². The number of benzene rings is 1. The lowest BCUT2D eigenvalue weighted by Crippen LogP contribution is -2.17. The van der Waals surface area contributed by atoms with Crippen LogP contribution >= 0.6 is 7.75 Å². The van der Waals surface area contributed by atoms with Gasteiger partial charge in [-0.3, -0.25) is 9.05 Å². The summed E-state index contributed by atoms with van der Waals surface area (Å²) in [6.45, 7) is 4.08. The molecule has 0 saturated carbocycles. The summed E-state index contributed by atoms with van der Waals surface area (Å²) in [4.78, 5) is 0. The van der Waals surface area contributed by atoms with Crippen LogP contribution in [-0.2, 0) is 20.2 Å². The normalized spacial score (nSPS) is 10.9. The minimum atomic E-state index is -3.52. The third-order valence-electron chi connectivity index (χ3n) is 2.17. The van der Waals surface area contributed by atoms with Crippen molar-refractivity contribution >= 4 is 7.75 Å². The van der Waals surface area contributed by atoms with Gasteiger partial charge in [-0.05, 0) is 19.4 Å². The van der Waals surface area contributed by atoms with Crippen LogP contribution in [0.25, 0.3) is 0 Å². The van der Waals surface area contributed by atoms with Gasteiger partial charge >= 0.3 is 7.75 Å². The first-order valence-corrected chi connectivity index (χ1v) is 7.26. The predicted octanol–water partition coefficient (Wildman–Crippen LogP) is 3.15. The fraction of sp³-hybridized carbons (Fsp3) is 0.417. The molecule has 0 bridgehead atoms. The number of nitriles is 1. The molecule has 0 aliphatic carbocycles. The van der Waals surface area contributed by atoms with Crippen molar-refractivity contribution in [1.82, 2.24) is 4.67 Å². The van der Waals surface area contributed by atoms with Crippen molar-refractivity contribution in [3.63, 3.8) is 0 Å². The molecule has 0 radical (unpaired) electrons. The molecule has 1 aromatic carbocycles. The predicted molar refractivity (Wildman–Crippen MR) is 68.5 cm³/mol. The van der Waals surface area contributed by atoms with E-state index in [-0.39, 0.29) is 19.8 Å². The summed E-state index contributed by atoms with van der Waals surface area (Å²) in [7, 11) is -3.52. The third-order valence-corrected chi connectivity index (χ3v) is 4.16. The average Bonchev–Trinajstić information content (AvgIpc) is 2.37. The summed E-state index contributed by atoms with van der Waals surface area (Å²) >= 11 is 0. The lowest BCUT2D eigenvalue weighted by molar-refractivity contribution is 0.183. The van der Waals surface area contributed by atoms with Gasteiger partial charge in [0.05, 0.1) is 19.8 Å². The molecule has 0 aliphatic heterocycles. The Kier molecular flexibility index (Phi) is 5.87. The zero-order chi connectivity index (χ0) is 13.4. The van der Waals surface area contributed by atoms with Crippen LogP contribution in [0.2, 0.25) is 0 Å². The molecular weight excluding hydrogens is 251 g/mol. The van der Waals surface area contributed by atoms with Crippen LogP contribution in [-0.4, -0.2) is 17.9 Å². The fourth-order valence-corrected chi connectivity index (χ4v) is 2.89. The van der Waals surface area contributed by atoms with Crippen LogP contribution < -0.4 is 0 Å². The number of hydrogen-bond acceptors (Lipinski definition) is 4. The van der Waals surface area contributed by atoms with Gasteiger partial charge in [-0.2, -0.15) is 5.26 Å². The molecular formula is C12H17N2O3P. The van der Waals surface area contributed by atoms with Crippen molar-refractivity contribution in [2.24, 2.45) is 0 Å². The molecule has 0 saturated heterocycles. The molecule has 0 amide bonds. The topological polar surface area (TPSA) is 62.6 Å². The summed E-state index contributed by atoms with van der Waals surface area (Å²) in [6.07, 6.45) is 1.88. The van der Waals surface area contributed by atoms with E-state index in [1.807, 2.05) is 36.5 Å². The largest absolute Gasteiger partial charge is 0.444 e. The van der Waals surface area contributed by atoms with Gasteiger partial charge in [0.25, 0.3) is 0 Å². The monoisotopic (exact) mass is 268 g/mol. The zero-order valence-corrected chi connectivity index (χ0v) is 11.5. The second kappa shape index (κ2) is 7.17. The van der Waals surface area contributed by atoms with E-state index in [0.29, 0.717) is 0 Å². The Morgan fingerprint density at radius 2 is 1.78 bits per heavy atom. The Morgan fingerprint density at radius 1 is 1.22 bits per heavy atom. The molecule has 18 heavy (non-hydrogen) atoms. The SMILES string of the molecule is CCOP(=O)(OCC)N(C#N)Cc1ccccc1. The number of nitrogens with zero attached hydrogens (tertiary/aromatic N) is 2. The van der Waals surface area contributed by atoms with E-state index in [0.717, 1.165) is 10.2 Å². The van der Waals surface area contributed by atoms with Crippen LogP contribution in [0.1, 0.15) is 19.4 Å². The Hall–Kier alpha value is -1.34. The maximum atomic E-state index is 12.4. The van der Waals surface area contributed by atoms with Gasteiger partial charge in [0, 0.05) is 0 Å². The Labute approximate surface area is 108 Å². The summed E-state index contributed by atoms with van der Waals surface area (Å²) in [6, 6.07) is 9.30. The molecule has 0 heterocycles. The lowest BCUT2D eigenvalue weighted by Gasteiger charge is -2.24. The van der Waals surface area contributed by atoms with Gasteiger partial charge in [0.1, 0.15) is 0 Å². The highest BCUT2D eigenvalue weighted by atomic mass is 31.2. The van der Waals surface area contributed by atoms with Crippen LogP contribution in [0.15, 0.2) is 30.3 Å². The molecule has 6 heteroatoms. The first-order chi connectivity index (χ1) is 8.66. The van der Waals surface area contributed by atoms with Crippen LogP contribution in [0, 0.1) is 11.5 Å². The lowest BCUT2D eigenvalue weighted by atomic mass is 10.2. The van der Waals surface area contributed by atoms with Gasteiger partial charge in [-0.15, -0.1) is 0 Å². The molecule has 5 nitrogen and oxygen atoms in total. The van der Waals surface area contributed by atoms with Crippen molar-refractivity contribution in [3.8, 4) is 6.19 Å². The second-order valence-electron chi connectivity index (χ2n) is 3.45. The summed E-state index contributed by atoms with van der Waals surface area (Å²) in [5, 5.41) is 9.12. The van der Waals surface area contributed by atoms with E-state index < -0.39 is 7.75 Å². The number of rotatable bonds is 7. The third kappa shape index (κ3) is 3.85. The standard InChI is InChI=1S/C12H17N2O3P/c1-3-16-18(15,17-4-2)14(11-13)10-12-8-6-5-7-9-12/h5-9H,3-4,10H2,1-2H3. The molecule has 0 spiro atoms. The highest BCUT2D eigenvalue weighted by molar-refractivity contribution is 7.51. The maximum Gasteiger partial charge on any atom is 0.444 e. The second-order valence-corrected chi connectivity index (χ2v) is 5.38. The maximum absolute atomic E-state index is 12.4.